The maximum Gasteiger partial charge on any atom is 0.188 e. The van der Waals surface area contributed by atoms with Crippen LogP contribution in [0.5, 0.6) is 0 Å². The van der Waals surface area contributed by atoms with Crippen LogP contribution in [0.25, 0.3) is 0 Å². The molecule has 2 saturated carbocycles. The molecule has 2 aliphatic carbocycles. The monoisotopic (exact) mass is 264 g/mol. The highest BCUT2D eigenvalue weighted by atomic mass is 15.2. The van der Waals surface area contributed by atoms with Crippen LogP contribution in [0.1, 0.15) is 51.4 Å². The van der Waals surface area contributed by atoms with Crippen molar-refractivity contribution in [1.82, 2.24) is 10.2 Å². The van der Waals surface area contributed by atoms with Crippen molar-refractivity contribution in [2.24, 2.45) is 16.6 Å². The Kier molecular flexibility index (Phi) is 4.26. The van der Waals surface area contributed by atoms with Gasteiger partial charge in [0.2, 0.25) is 0 Å². The third-order valence-electron chi connectivity index (χ3n) is 4.86. The molecule has 3 aliphatic rings. The first-order chi connectivity index (χ1) is 9.31. The van der Waals surface area contributed by atoms with Gasteiger partial charge in [0.1, 0.15) is 0 Å². The molecule has 3 fully saturated rings. The molecule has 1 heterocycles. The molecule has 19 heavy (non-hydrogen) atoms. The maximum absolute atomic E-state index is 6.01. The Morgan fingerprint density at radius 1 is 1.11 bits per heavy atom. The summed E-state index contributed by atoms with van der Waals surface area (Å²) in [6, 6.07) is 1.48. The van der Waals surface area contributed by atoms with Crippen LogP contribution in [-0.2, 0) is 0 Å². The van der Waals surface area contributed by atoms with E-state index in [1.165, 1.54) is 64.5 Å². The Bertz CT molecular complexity index is 318. The number of hydrogen-bond donors (Lipinski definition) is 2. The van der Waals surface area contributed by atoms with Gasteiger partial charge in [0.15, 0.2) is 5.96 Å². The van der Waals surface area contributed by atoms with Crippen LogP contribution < -0.4 is 11.1 Å². The average Bonchev–Trinajstić information content (AvgIpc) is 3.17. The molecule has 0 bridgehead atoms. The zero-order chi connectivity index (χ0) is 13.1. The van der Waals surface area contributed by atoms with Crippen molar-refractivity contribution in [1.29, 1.82) is 0 Å². The third-order valence-corrected chi connectivity index (χ3v) is 4.86. The fourth-order valence-electron chi connectivity index (χ4n) is 3.51. The first-order valence-electron chi connectivity index (χ1n) is 8.12. The van der Waals surface area contributed by atoms with Gasteiger partial charge in [0.25, 0.3) is 0 Å². The van der Waals surface area contributed by atoms with Gasteiger partial charge in [-0.3, -0.25) is 4.99 Å². The first-order valence-corrected chi connectivity index (χ1v) is 8.12. The van der Waals surface area contributed by atoms with Gasteiger partial charge in [0.05, 0.1) is 0 Å². The highest BCUT2D eigenvalue weighted by Gasteiger charge is 2.34. The molecule has 4 nitrogen and oxygen atoms in total. The topological polar surface area (TPSA) is 53.6 Å². The first kappa shape index (κ1) is 13.2. The predicted molar refractivity (Wildman–Crippen MR) is 79.2 cm³/mol. The lowest BCUT2D eigenvalue weighted by Crippen LogP contribution is -2.41. The van der Waals surface area contributed by atoms with Gasteiger partial charge in [-0.1, -0.05) is 19.3 Å². The van der Waals surface area contributed by atoms with Crippen molar-refractivity contribution in [3.8, 4) is 0 Å². The summed E-state index contributed by atoms with van der Waals surface area (Å²) in [6.07, 6.45) is 10.7. The van der Waals surface area contributed by atoms with Crippen LogP contribution in [0.3, 0.4) is 0 Å². The van der Waals surface area contributed by atoms with Crippen LogP contribution in [0.4, 0.5) is 0 Å². The minimum Gasteiger partial charge on any atom is -0.370 e. The number of likely N-dealkylation sites (tertiary alicyclic amines) is 1. The summed E-state index contributed by atoms with van der Waals surface area (Å²) in [4.78, 5) is 7.21. The Labute approximate surface area is 116 Å². The van der Waals surface area contributed by atoms with Crippen molar-refractivity contribution in [2.75, 3.05) is 19.6 Å². The molecule has 4 heteroatoms. The smallest absolute Gasteiger partial charge is 0.188 e. The van der Waals surface area contributed by atoms with Crippen LogP contribution >= 0.6 is 0 Å². The van der Waals surface area contributed by atoms with Crippen LogP contribution in [0.15, 0.2) is 4.99 Å². The number of nitrogens with two attached hydrogens (primary N) is 1. The van der Waals surface area contributed by atoms with Gasteiger partial charge in [-0.05, 0) is 44.6 Å². The van der Waals surface area contributed by atoms with E-state index >= 15 is 0 Å². The van der Waals surface area contributed by atoms with Crippen LogP contribution in [0.2, 0.25) is 0 Å². The summed E-state index contributed by atoms with van der Waals surface area (Å²) in [5.41, 5.74) is 6.01. The molecular formula is C15H28N4. The quantitative estimate of drug-likeness (QED) is 0.600. The molecule has 0 amide bonds. The van der Waals surface area contributed by atoms with E-state index in [0.29, 0.717) is 12.0 Å². The Balaban J connectivity index is 1.38. The van der Waals surface area contributed by atoms with Gasteiger partial charge in [0, 0.05) is 25.2 Å². The van der Waals surface area contributed by atoms with Crippen molar-refractivity contribution in [3.05, 3.63) is 0 Å². The van der Waals surface area contributed by atoms with Crippen molar-refractivity contribution in [2.45, 2.75) is 63.5 Å². The SMILES string of the molecule is NC(=NCC1CCN(C2CC2)C1)NC1CCCCC1. The van der Waals surface area contributed by atoms with E-state index in [4.69, 9.17) is 5.73 Å². The molecule has 108 valence electrons. The number of guanidine groups is 1. The molecular weight excluding hydrogens is 236 g/mol. The average molecular weight is 264 g/mol. The molecule has 3 rings (SSSR count). The highest BCUT2D eigenvalue weighted by molar-refractivity contribution is 5.78. The molecule has 1 atom stereocenters. The van der Waals surface area contributed by atoms with E-state index in [2.05, 4.69) is 15.2 Å². The second-order valence-electron chi connectivity index (χ2n) is 6.59. The zero-order valence-electron chi connectivity index (χ0n) is 12.0. The number of nitrogens with one attached hydrogen (secondary N) is 1. The van der Waals surface area contributed by atoms with E-state index in [0.717, 1.165) is 18.5 Å². The summed E-state index contributed by atoms with van der Waals surface area (Å²) in [7, 11) is 0. The minimum atomic E-state index is 0.573. The van der Waals surface area contributed by atoms with E-state index in [-0.39, 0.29) is 0 Å². The molecule has 0 aromatic carbocycles. The third kappa shape index (κ3) is 3.85. The van der Waals surface area contributed by atoms with Crippen molar-refractivity contribution >= 4 is 5.96 Å². The normalized spacial score (nSPS) is 30.7. The Morgan fingerprint density at radius 3 is 2.63 bits per heavy atom. The number of nitrogens with zero attached hydrogens (tertiary/aromatic N) is 2. The van der Waals surface area contributed by atoms with Crippen LogP contribution in [0, 0.1) is 5.92 Å². The van der Waals surface area contributed by atoms with E-state index in [1.807, 2.05) is 0 Å². The van der Waals surface area contributed by atoms with Gasteiger partial charge >= 0.3 is 0 Å². The zero-order valence-corrected chi connectivity index (χ0v) is 12.0. The number of aliphatic imine (C=N–C) groups is 1. The van der Waals surface area contributed by atoms with Crippen LogP contribution in [-0.4, -0.2) is 42.6 Å². The second kappa shape index (κ2) is 6.12. The second-order valence-corrected chi connectivity index (χ2v) is 6.59. The van der Waals surface area contributed by atoms with Crippen molar-refractivity contribution in [3.63, 3.8) is 0 Å². The summed E-state index contributed by atoms with van der Waals surface area (Å²) in [5, 5.41) is 3.40. The molecule has 1 saturated heterocycles. The summed E-state index contributed by atoms with van der Waals surface area (Å²) in [5.74, 6) is 1.41. The minimum absolute atomic E-state index is 0.573. The lowest BCUT2D eigenvalue weighted by Gasteiger charge is -2.23. The van der Waals surface area contributed by atoms with Gasteiger partial charge in [-0.25, -0.2) is 0 Å². The lowest BCUT2D eigenvalue weighted by molar-refractivity contribution is 0.315. The lowest BCUT2D eigenvalue weighted by atomic mass is 9.96. The molecule has 1 unspecified atom stereocenters. The summed E-state index contributed by atoms with van der Waals surface area (Å²) in [6.45, 7) is 3.43. The fraction of sp³-hybridized carbons (Fsp3) is 0.933. The van der Waals surface area contributed by atoms with E-state index in [1.54, 1.807) is 0 Å². The largest absolute Gasteiger partial charge is 0.370 e. The summed E-state index contributed by atoms with van der Waals surface area (Å²) < 4.78 is 0. The number of hydrogen-bond acceptors (Lipinski definition) is 2. The molecule has 1 aliphatic heterocycles. The molecule has 0 aromatic rings. The maximum atomic E-state index is 6.01. The van der Waals surface area contributed by atoms with Crippen molar-refractivity contribution < 1.29 is 0 Å². The molecule has 0 aromatic heterocycles. The molecule has 0 radical (unpaired) electrons. The molecule has 0 spiro atoms. The summed E-state index contributed by atoms with van der Waals surface area (Å²) >= 11 is 0. The Hall–Kier alpha value is -0.770. The molecule has 3 N–H and O–H groups in total. The van der Waals surface area contributed by atoms with Gasteiger partial charge in [-0.2, -0.15) is 0 Å². The predicted octanol–water partition coefficient (Wildman–Crippen LogP) is 1.71. The van der Waals surface area contributed by atoms with E-state index < -0.39 is 0 Å². The van der Waals surface area contributed by atoms with Gasteiger partial charge < -0.3 is 16.0 Å². The fourth-order valence-corrected chi connectivity index (χ4v) is 3.51. The van der Waals surface area contributed by atoms with E-state index in [9.17, 15) is 0 Å². The van der Waals surface area contributed by atoms with Gasteiger partial charge in [-0.15, -0.1) is 0 Å². The Morgan fingerprint density at radius 2 is 1.89 bits per heavy atom. The standard InChI is InChI=1S/C15H28N4/c16-15(18-13-4-2-1-3-5-13)17-10-12-8-9-19(11-12)14-6-7-14/h12-14H,1-11H2,(H3,16,17,18). The number of rotatable bonds is 4. The highest BCUT2D eigenvalue weighted by Crippen LogP contribution is 2.31.